The molecule has 2 amide bonds. The van der Waals surface area contributed by atoms with E-state index in [0.717, 1.165) is 19.3 Å². The lowest BCUT2D eigenvalue weighted by Crippen LogP contribution is -2.55. The topological polar surface area (TPSA) is 84.4 Å². The highest BCUT2D eigenvalue weighted by Crippen LogP contribution is 2.26. The fourth-order valence-corrected chi connectivity index (χ4v) is 1.94. The molecule has 2 unspecified atom stereocenters. The third-order valence-corrected chi connectivity index (χ3v) is 2.78. The molecule has 5 nitrogen and oxygen atoms in total. The molecule has 1 aliphatic rings. The molecule has 2 atom stereocenters. The predicted octanol–water partition coefficient (Wildman–Crippen LogP) is 0.324. The highest BCUT2D eigenvalue weighted by Gasteiger charge is 2.28. The first kappa shape index (κ1) is 10.3. The van der Waals surface area contributed by atoms with Gasteiger partial charge in [0.15, 0.2) is 0 Å². The van der Waals surface area contributed by atoms with Crippen LogP contribution in [0.2, 0.25) is 0 Å². The van der Waals surface area contributed by atoms with E-state index in [4.69, 9.17) is 11.7 Å². The first-order chi connectivity index (χ1) is 6.16. The molecule has 13 heavy (non-hydrogen) atoms. The maximum Gasteiger partial charge on any atom is 0.345 e. The summed E-state index contributed by atoms with van der Waals surface area (Å²) in [5.74, 6) is 11.1. The van der Waals surface area contributed by atoms with Crippen LogP contribution in [0.5, 0.6) is 0 Å². The lowest BCUT2D eigenvalue weighted by atomic mass is 9.86. The van der Waals surface area contributed by atoms with Gasteiger partial charge in [0.25, 0.3) is 0 Å². The molecule has 0 heterocycles. The molecule has 0 bridgehead atoms. The number of nitrogens with zero attached hydrogens (tertiary/aromatic N) is 1. The molecule has 1 saturated carbocycles. The predicted molar refractivity (Wildman–Crippen MR) is 50.2 cm³/mol. The minimum absolute atomic E-state index is 0.136. The van der Waals surface area contributed by atoms with E-state index in [0.29, 0.717) is 5.92 Å². The van der Waals surface area contributed by atoms with Gasteiger partial charge in [-0.05, 0) is 18.8 Å². The van der Waals surface area contributed by atoms with Gasteiger partial charge in [0.1, 0.15) is 0 Å². The van der Waals surface area contributed by atoms with Crippen molar-refractivity contribution in [2.45, 2.75) is 38.6 Å². The van der Waals surface area contributed by atoms with E-state index in [9.17, 15) is 4.79 Å². The van der Waals surface area contributed by atoms with E-state index in [-0.39, 0.29) is 6.04 Å². The fraction of sp³-hybridized carbons (Fsp3) is 0.875. The summed E-state index contributed by atoms with van der Waals surface area (Å²) in [6, 6.07) is -0.268. The summed E-state index contributed by atoms with van der Waals surface area (Å²) in [6.45, 7) is 2.12. The minimum atomic E-state index is -0.404. The number of urea groups is 1. The molecule has 1 fully saturated rings. The number of hydrazine groups is 2. The van der Waals surface area contributed by atoms with Gasteiger partial charge in [0.05, 0.1) is 6.04 Å². The van der Waals surface area contributed by atoms with Crippen molar-refractivity contribution in [3.8, 4) is 0 Å². The van der Waals surface area contributed by atoms with Gasteiger partial charge in [-0.1, -0.05) is 19.8 Å². The van der Waals surface area contributed by atoms with E-state index in [1.807, 2.05) is 5.43 Å². The van der Waals surface area contributed by atoms with Crippen molar-refractivity contribution in [3.05, 3.63) is 0 Å². The van der Waals surface area contributed by atoms with Gasteiger partial charge in [-0.15, -0.1) is 0 Å². The number of hydrogen-bond acceptors (Lipinski definition) is 3. The zero-order valence-electron chi connectivity index (χ0n) is 7.99. The molecule has 0 spiro atoms. The Morgan fingerprint density at radius 2 is 2.08 bits per heavy atom. The molecule has 0 aromatic heterocycles. The molecule has 76 valence electrons. The number of hydrogen-bond donors (Lipinski definition) is 3. The Hall–Kier alpha value is -0.810. The molecule has 0 saturated heterocycles. The van der Waals surface area contributed by atoms with E-state index < -0.39 is 6.03 Å². The average molecular weight is 186 g/mol. The first-order valence-corrected chi connectivity index (χ1v) is 4.71. The zero-order chi connectivity index (χ0) is 9.84. The van der Waals surface area contributed by atoms with Crippen LogP contribution < -0.4 is 17.1 Å². The maximum absolute atomic E-state index is 11.1. The standard InChI is InChI=1S/C8H18N4O/c1-6-4-2-3-5-7(6)12(10)8(13)11-9/h6-7H,2-5,9-10H2,1H3,(H,11,13). The Labute approximate surface area is 78.4 Å². The lowest BCUT2D eigenvalue weighted by molar-refractivity contribution is 0.127. The van der Waals surface area contributed by atoms with Gasteiger partial charge >= 0.3 is 6.03 Å². The molecular formula is C8H18N4O. The van der Waals surface area contributed by atoms with Crippen LogP contribution in [0.15, 0.2) is 0 Å². The number of nitrogens with one attached hydrogen (secondary N) is 1. The summed E-state index contributed by atoms with van der Waals surface area (Å²) < 4.78 is 0. The monoisotopic (exact) mass is 186 g/mol. The van der Waals surface area contributed by atoms with Crippen molar-refractivity contribution >= 4 is 6.03 Å². The molecule has 0 radical (unpaired) electrons. The highest BCUT2D eigenvalue weighted by molar-refractivity contribution is 5.73. The van der Waals surface area contributed by atoms with Gasteiger partial charge in [-0.3, -0.25) is 10.4 Å². The van der Waals surface area contributed by atoms with Crippen LogP contribution in [0.25, 0.3) is 0 Å². The number of carbonyl (C=O) groups excluding carboxylic acids is 1. The van der Waals surface area contributed by atoms with E-state index in [1.54, 1.807) is 0 Å². The normalized spacial score (nSPS) is 28.2. The summed E-state index contributed by atoms with van der Waals surface area (Å²) in [7, 11) is 0. The Morgan fingerprint density at radius 1 is 1.46 bits per heavy atom. The summed E-state index contributed by atoms with van der Waals surface area (Å²) in [4.78, 5) is 11.1. The number of rotatable bonds is 1. The Kier molecular flexibility index (Phi) is 3.50. The number of amides is 2. The molecule has 1 rings (SSSR count). The van der Waals surface area contributed by atoms with E-state index >= 15 is 0 Å². The van der Waals surface area contributed by atoms with Crippen molar-refractivity contribution in [2.24, 2.45) is 17.6 Å². The van der Waals surface area contributed by atoms with Crippen LogP contribution in [0.1, 0.15) is 32.6 Å². The molecule has 0 aromatic rings. The van der Waals surface area contributed by atoms with Gasteiger partial charge in [-0.2, -0.15) is 0 Å². The Bertz CT molecular complexity index is 185. The van der Waals surface area contributed by atoms with Crippen LogP contribution in [0, 0.1) is 5.92 Å². The second kappa shape index (κ2) is 4.43. The molecule has 0 aromatic carbocycles. The first-order valence-electron chi connectivity index (χ1n) is 4.71. The fourth-order valence-electron chi connectivity index (χ4n) is 1.94. The third-order valence-electron chi connectivity index (χ3n) is 2.78. The zero-order valence-corrected chi connectivity index (χ0v) is 7.99. The summed E-state index contributed by atoms with van der Waals surface area (Å²) in [5, 5.41) is 1.23. The van der Waals surface area contributed by atoms with Gasteiger partial charge in [0, 0.05) is 0 Å². The van der Waals surface area contributed by atoms with Crippen molar-refractivity contribution in [3.63, 3.8) is 0 Å². The molecule has 5 heteroatoms. The van der Waals surface area contributed by atoms with Crippen LogP contribution in [0.3, 0.4) is 0 Å². The average Bonchev–Trinajstić information content (AvgIpc) is 2.16. The second-order valence-corrected chi connectivity index (χ2v) is 3.69. The summed E-state index contributed by atoms with van der Waals surface area (Å²) in [6.07, 6.45) is 4.48. The number of carbonyl (C=O) groups is 1. The van der Waals surface area contributed by atoms with Crippen LogP contribution >= 0.6 is 0 Å². The smallest absolute Gasteiger partial charge is 0.275 e. The Morgan fingerprint density at radius 3 is 2.62 bits per heavy atom. The largest absolute Gasteiger partial charge is 0.345 e. The van der Waals surface area contributed by atoms with Crippen molar-refractivity contribution in [1.29, 1.82) is 0 Å². The minimum Gasteiger partial charge on any atom is -0.275 e. The quantitative estimate of drug-likeness (QED) is 0.313. The van der Waals surface area contributed by atoms with E-state index in [1.165, 1.54) is 11.4 Å². The van der Waals surface area contributed by atoms with Gasteiger partial charge in [-0.25, -0.2) is 16.5 Å². The van der Waals surface area contributed by atoms with Gasteiger partial charge in [0.2, 0.25) is 0 Å². The van der Waals surface area contributed by atoms with Gasteiger partial charge < -0.3 is 0 Å². The Balaban J connectivity index is 2.53. The molecule has 1 aliphatic carbocycles. The van der Waals surface area contributed by atoms with Crippen LogP contribution in [-0.4, -0.2) is 17.1 Å². The molecule has 5 N–H and O–H groups in total. The maximum atomic E-state index is 11.1. The lowest BCUT2D eigenvalue weighted by Gasteiger charge is -2.34. The molecular weight excluding hydrogens is 168 g/mol. The van der Waals surface area contributed by atoms with Crippen molar-refractivity contribution in [2.75, 3.05) is 0 Å². The second-order valence-electron chi connectivity index (χ2n) is 3.69. The summed E-state index contributed by atoms with van der Waals surface area (Å²) in [5.41, 5.74) is 2.04. The SMILES string of the molecule is CC1CCCCC1N(N)C(=O)NN. The van der Waals surface area contributed by atoms with Crippen molar-refractivity contribution < 1.29 is 4.79 Å². The van der Waals surface area contributed by atoms with Crippen molar-refractivity contribution in [1.82, 2.24) is 10.4 Å². The van der Waals surface area contributed by atoms with Crippen LogP contribution in [0.4, 0.5) is 4.79 Å². The number of nitrogens with two attached hydrogens (primary N) is 2. The highest BCUT2D eigenvalue weighted by atomic mass is 16.2. The molecule has 0 aliphatic heterocycles. The van der Waals surface area contributed by atoms with Crippen LogP contribution in [-0.2, 0) is 0 Å². The summed E-state index contributed by atoms with van der Waals surface area (Å²) >= 11 is 0. The van der Waals surface area contributed by atoms with E-state index in [2.05, 4.69) is 6.92 Å². The third kappa shape index (κ3) is 2.32.